The van der Waals surface area contributed by atoms with Crippen LogP contribution in [-0.4, -0.2) is 33.4 Å². The third-order valence-electron chi connectivity index (χ3n) is 3.71. The van der Waals surface area contributed by atoms with Crippen molar-refractivity contribution in [1.29, 1.82) is 0 Å². The monoisotopic (exact) mass is 390 g/mol. The molecule has 3 amide bonds. The smallest absolute Gasteiger partial charge is 0.321 e. The number of hydrogen-bond acceptors (Lipinski definition) is 6. The van der Waals surface area contributed by atoms with Gasteiger partial charge in [0.05, 0.1) is 5.25 Å². The number of aromatic nitrogens is 2. The standard InChI is InChI=1S/C19H26N4O3S/c1-11(2)20-17(25)21-15(24)12(3)27-18-23-22-16(26-18)13-7-9-14(10-8-13)19(4,5)6/h7-12H,1-6H3,(H2,20,21,24,25)/t12-/m0/s1. The van der Waals surface area contributed by atoms with E-state index in [4.69, 9.17) is 4.42 Å². The molecule has 1 aromatic heterocycles. The first-order valence-electron chi connectivity index (χ1n) is 8.78. The van der Waals surface area contributed by atoms with E-state index < -0.39 is 17.2 Å². The minimum atomic E-state index is -0.556. The fourth-order valence-electron chi connectivity index (χ4n) is 2.20. The molecule has 0 aliphatic rings. The SMILES string of the molecule is CC(C)NC(=O)NC(=O)[C@H](C)Sc1nnc(-c2ccc(C(C)(C)C)cc2)o1. The molecule has 0 spiro atoms. The lowest BCUT2D eigenvalue weighted by Gasteiger charge is -2.18. The van der Waals surface area contributed by atoms with Gasteiger partial charge in [-0.15, -0.1) is 10.2 Å². The maximum Gasteiger partial charge on any atom is 0.321 e. The molecule has 2 rings (SSSR count). The van der Waals surface area contributed by atoms with E-state index in [1.165, 1.54) is 5.56 Å². The molecule has 8 heteroatoms. The summed E-state index contributed by atoms with van der Waals surface area (Å²) >= 11 is 1.10. The molecule has 1 heterocycles. The molecule has 0 saturated carbocycles. The largest absolute Gasteiger partial charge is 0.411 e. The molecule has 0 aliphatic carbocycles. The lowest BCUT2D eigenvalue weighted by atomic mass is 9.87. The quantitative estimate of drug-likeness (QED) is 0.755. The van der Waals surface area contributed by atoms with Crippen molar-refractivity contribution in [2.75, 3.05) is 0 Å². The number of rotatable bonds is 5. The number of imide groups is 1. The van der Waals surface area contributed by atoms with Gasteiger partial charge in [0.2, 0.25) is 11.8 Å². The van der Waals surface area contributed by atoms with Crippen LogP contribution < -0.4 is 10.6 Å². The van der Waals surface area contributed by atoms with Gasteiger partial charge in [-0.3, -0.25) is 10.1 Å². The van der Waals surface area contributed by atoms with Crippen LogP contribution in [0.1, 0.15) is 47.1 Å². The molecule has 0 radical (unpaired) electrons. The van der Waals surface area contributed by atoms with Gasteiger partial charge < -0.3 is 9.73 Å². The van der Waals surface area contributed by atoms with Crippen molar-refractivity contribution >= 4 is 23.7 Å². The lowest BCUT2D eigenvalue weighted by Crippen LogP contribution is -2.45. The number of nitrogens with zero attached hydrogens (tertiary/aromatic N) is 2. The molecule has 1 aromatic carbocycles. The maximum atomic E-state index is 12.1. The normalized spacial score (nSPS) is 12.7. The minimum absolute atomic E-state index is 0.0519. The summed E-state index contributed by atoms with van der Waals surface area (Å²) in [5.41, 5.74) is 2.10. The Kier molecular flexibility index (Phi) is 6.64. The second kappa shape index (κ2) is 8.56. The first kappa shape index (κ1) is 21.0. The zero-order valence-electron chi connectivity index (χ0n) is 16.5. The van der Waals surface area contributed by atoms with Crippen molar-refractivity contribution in [2.45, 2.75) is 63.5 Å². The van der Waals surface area contributed by atoms with E-state index in [0.717, 1.165) is 17.3 Å². The van der Waals surface area contributed by atoms with Gasteiger partial charge >= 0.3 is 6.03 Å². The van der Waals surface area contributed by atoms with Crippen LogP contribution in [0.5, 0.6) is 0 Å². The second-order valence-electron chi connectivity index (χ2n) is 7.58. The van der Waals surface area contributed by atoms with Crippen molar-refractivity contribution in [3.05, 3.63) is 29.8 Å². The Morgan fingerprint density at radius 1 is 1.07 bits per heavy atom. The number of benzene rings is 1. The van der Waals surface area contributed by atoms with E-state index >= 15 is 0 Å². The molecule has 1 atom stereocenters. The van der Waals surface area contributed by atoms with Crippen LogP contribution in [-0.2, 0) is 10.2 Å². The molecule has 146 valence electrons. The van der Waals surface area contributed by atoms with Gasteiger partial charge in [0.1, 0.15) is 0 Å². The summed E-state index contributed by atoms with van der Waals surface area (Å²) in [7, 11) is 0. The molecule has 0 bridgehead atoms. The van der Waals surface area contributed by atoms with Gasteiger partial charge in [-0.2, -0.15) is 0 Å². The summed E-state index contributed by atoms with van der Waals surface area (Å²) < 4.78 is 5.65. The van der Waals surface area contributed by atoms with Crippen LogP contribution in [0.25, 0.3) is 11.5 Å². The third-order valence-corrected chi connectivity index (χ3v) is 4.64. The Bertz CT molecular complexity index is 794. The summed E-state index contributed by atoms with van der Waals surface area (Å²) in [6.45, 7) is 11.8. The molecule has 27 heavy (non-hydrogen) atoms. The zero-order valence-corrected chi connectivity index (χ0v) is 17.3. The van der Waals surface area contributed by atoms with Crippen molar-refractivity contribution in [3.8, 4) is 11.5 Å². The average molecular weight is 391 g/mol. The molecule has 7 nitrogen and oxygen atoms in total. The topological polar surface area (TPSA) is 97.1 Å². The van der Waals surface area contributed by atoms with Crippen LogP contribution in [0.2, 0.25) is 0 Å². The van der Waals surface area contributed by atoms with Crippen LogP contribution in [0, 0.1) is 0 Å². The molecule has 0 aliphatic heterocycles. The van der Waals surface area contributed by atoms with Crippen LogP contribution in [0.15, 0.2) is 33.9 Å². The van der Waals surface area contributed by atoms with Gasteiger partial charge in [0, 0.05) is 11.6 Å². The molecular weight excluding hydrogens is 364 g/mol. The fraction of sp³-hybridized carbons (Fsp3) is 0.474. The molecule has 0 saturated heterocycles. The summed E-state index contributed by atoms with van der Waals surface area (Å²) in [5, 5.41) is 12.6. The molecular formula is C19H26N4O3S. The predicted octanol–water partition coefficient (Wildman–Crippen LogP) is 3.75. The number of amides is 3. The van der Waals surface area contributed by atoms with E-state index in [-0.39, 0.29) is 16.7 Å². The Morgan fingerprint density at radius 3 is 2.26 bits per heavy atom. The van der Waals surface area contributed by atoms with Crippen molar-refractivity contribution in [2.24, 2.45) is 0 Å². The molecule has 0 fully saturated rings. The number of urea groups is 1. The van der Waals surface area contributed by atoms with Gasteiger partial charge in [0.15, 0.2) is 0 Å². The minimum Gasteiger partial charge on any atom is -0.411 e. The first-order chi connectivity index (χ1) is 12.6. The van der Waals surface area contributed by atoms with E-state index in [0.29, 0.717) is 5.89 Å². The van der Waals surface area contributed by atoms with Crippen molar-refractivity contribution in [3.63, 3.8) is 0 Å². The van der Waals surface area contributed by atoms with E-state index in [1.807, 2.05) is 38.1 Å². The summed E-state index contributed by atoms with van der Waals surface area (Å²) in [4.78, 5) is 23.7. The molecule has 0 unspecified atom stereocenters. The highest BCUT2D eigenvalue weighted by Gasteiger charge is 2.21. The highest BCUT2D eigenvalue weighted by Crippen LogP contribution is 2.28. The van der Waals surface area contributed by atoms with E-state index in [9.17, 15) is 9.59 Å². The fourth-order valence-corrected chi connectivity index (χ4v) is 2.89. The number of nitrogens with one attached hydrogen (secondary N) is 2. The summed E-state index contributed by atoms with van der Waals surface area (Å²) in [6, 6.07) is 7.38. The predicted molar refractivity (Wildman–Crippen MR) is 106 cm³/mol. The van der Waals surface area contributed by atoms with Crippen molar-refractivity contribution in [1.82, 2.24) is 20.8 Å². The first-order valence-corrected chi connectivity index (χ1v) is 9.66. The zero-order chi connectivity index (χ0) is 20.2. The summed E-state index contributed by atoms with van der Waals surface area (Å²) in [6.07, 6.45) is 0. The average Bonchev–Trinajstić information content (AvgIpc) is 3.01. The van der Waals surface area contributed by atoms with E-state index in [2.05, 4.69) is 41.6 Å². The number of carbonyl (C=O) groups is 2. The highest BCUT2D eigenvalue weighted by atomic mass is 32.2. The van der Waals surface area contributed by atoms with E-state index in [1.54, 1.807) is 6.92 Å². The molecule has 2 N–H and O–H groups in total. The van der Waals surface area contributed by atoms with Crippen molar-refractivity contribution < 1.29 is 14.0 Å². The van der Waals surface area contributed by atoms with Crippen LogP contribution >= 0.6 is 11.8 Å². The number of thioether (sulfide) groups is 1. The third kappa shape index (κ3) is 6.09. The Labute approximate surface area is 163 Å². The van der Waals surface area contributed by atoms with Crippen LogP contribution in [0.4, 0.5) is 4.79 Å². The Hall–Kier alpha value is -2.35. The van der Waals surface area contributed by atoms with Gasteiger partial charge in [0.25, 0.3) is 5.22 Å². The van der Waals surface area contributed by atoms with Gasteiger partial charge in [-0.1, -0.05) is 44.7 Å². The summed E-state index contributed by atoms with van der Waals surface area (Å²) in [5.74, 6) is -0.0319. The van der Waals surface area contributed by atoms with Gasteiger partial charge in [-0.05, 0) is 43.9 Å². The Balaban J connectivity index is 1.99. The van der Waals surface area contributed by atoms with Gasteiger partial charge in [-0.25, -0.2) is 4.79 Å². The molecule has 2 aromatic rings. The van der Waals surface area contributed by atoms with Crippen LogP contribution in [0.3, 0.4) is 0 Å². The lowest BCUT2D eigenvalue weighted by molar-refractivity contribution is -0.119. The number of hydrogen-bond donors (Lipinski definition) is 2. The Morgan fingerprint density at radius 2 is 1.70 bits per heavy atom. The second-order valence-corrected chi connectivity index (χ2v) is 8.87. The highest BCUT2D eigenvalue weighted by molar-refractivity contribution is 8.00. The number of carbonyl (C=O) groups excluding carboxylic acids is 2. The maximum absolute atomic E-state index is 12.1.